The van der Waals surface area contributed by atoms with Gasteiger partial charge in [0.2, 0.25) is 0 Å². The standard InChI is InChI=1S/C15H18IN3/c1-4-11-6-8-12(9-7-11)14-18-10(3)13(16)15(19-14)17-5-2/h6-9H,4-5H2,1-3H3,(H,17,18,19). The number of halogens is 1. The number of nitrogens with one attached hydrogen (secondary N) is 1. The number of anilines is 1. The van der Waals surface area contributed by atoms with Crippen LogP contribution in [0.3, 0.4) is 0 Å². The molecule has 0 fully saturated rings. The predicted octanol–water partition coefficient (Wildman–Crippen LogP) is 4.05. The number of hydrogen-bond donors (Lipinski definition) is 1. The molecule has 100 valence electrons. The van der Waals surface area contributed by atoms with E-state index >= 15 is 0 Å². The molecule has 1 aromatic carbocycles. The number of aromatic nitrogens is 2. The van der Waals surface area contributed by atoms with Gasteiger partial charge in [0.05, 0.1) is 9.26 Å². The van der Waals surface area contributed by atoms with Crippen molar-refractivity contribution < 1.29 is 0 Å². The number of nitrogens with zero attached hydrogens (tertiary/aromatic N) is 2. The predicted molar refractivity (Wildman–Crippen MR) is 88.5 cm³/mol. The minimum atomic E-state index is 0.788. The van der Waals surface area contributed by atoms with Gasteiger partial charge in [-0.2, -0.15) is 0 Å². The van der Waals surface area contributed by atoms with Crippen molar-refractivity contribution in [2.24, 2.45) is 0 Å². The largest absolute Gasteiger partial charge is 0.369 e. The van der Waals surface area contributed by atoms with E-state index in [1.165, 1.54) is 5.56 Å². The Balaban J connectivity index is 2.43. The summed E-state index contributed by atoms with van der Waals surface area (Å²) in [4.78, 5) is 9.20. The van der Waals surface area contributed by atoms with E-state index in [2.05, 4.69) is 76.0 Å². The van der Waals surface area contributed by atoms with Crippen molar-refractivity contribution in [3.63, 3.8) is 0 Å². The molecular weight excluding hydrogens is 349 g/mol. The average Bonchev–Trinajstić information content (AvgIpc) is 2.44. The molecule has 0 unspecified atom stereocenters. The topological polar surface area (TPSA) is 37.8 Å². The van der Waals surface area contributed by atoms with Gasteiger partial charge in [-0.3, -0.25) is 0 Å². The second-order valence-corrected chi connectivity index (χ2v) is 5.45. The van der Waals surface area contributed by atoms with Crippen molar-refractivity contribution >= 4 is 28.4 Å². The summed E-state index contributed by atoms with van der Waals surface area (Å²) in [6.45, 7) is 7.11. The summed E-state index contributed by atoms with van der Waals surface area (Å²) < 4.78 is 1.09. The molecule has 0 aliphatic rings. The fourth-order valence-electron chi connectivity index (χ4n) is 1.86. The third kappa shape index (κ3) is 3.23. The minimum Gasteiger partial charge on any atom is -0.369 e. The first-order valence-corrected chi connectivity index (χ1v) is 7.60. The Morgan fingerprint density at radius 2 is 1.79 bits per heavy atom. The molecule has 4 heteroatoms. The quantitative estimate of drug-likeness (QED) is 0.829. The maximum absolute atomic E-state index is 4.62. The van der Waals surface area contributed by atoms with Crippen LogP contribution in [0.25, 0.3) is 11.4 Å². The van der Waals surface area contributed by atoms with Crippen molar-refractivity contribution in [2.75, 3.05) is 11.9 Å². The molecule has 1 aromatic heterocycles. The van der Waals surface area contributed by atoms with Gasteiger partial charge in [0, 0.05) is 12.1 Å². The molecule has 0 amide bonds. The Morgan fingerprint density at radius 3 is 2.37 bits per heavy atom. The van der Waals surface area contributed by atoms with Crippen LogP contribution in [0.5, 0.6) is 0 Å². The summed E-state index contributed by atoms with van der Waals surface area (Å²) in [6, 6.07) is 8.46. The molecule has 0 aliphatic heterocycles. The minimum absolute atomic E-state index is 0.788. The second-order valence-electron chi connectivity index (χ2n) is 4.38. The monoisotopic (exact) mass is 367 g/mol. The van der Waals surface area contributed by atoms with E-state index in [1.807, 2.05) is 6.92 Å². The summed E-state index contributed by atoms with van der Waals surface area (Å²) in [5.74, 6) is 1.71. The van der Waals surface area contributed by atoms with Gasteiger partial charge in [-0.1, -0.05) is 31.2 Å². The van der Waals surface area contributed by atoms with Crippen molar-refractivity contribution in [1.82, 2.24) is 9.97 Å². The van der Waals surface area contributed by atoms with Crippen LogP contribution in [0.2, 0.25) is 0 Å². The first-order chi connectivity index (χ1) is 9.15. The first kappa shape index (κ1) is 14.2. The second kappa shape index (κ2) is 6.32. The molecule has 1 N–H and O–H groups in total. The van der Waals surface area contributed by atoms with Gasteiger partial charge in [0.1, 0.15) is 5.82 Å². The fourth-order valence-corrected chi connectivity index (χ4v) is 2.29. The van der Waals surface area contributed by atoms with Crippen molar-refractivity contribution in [3.8, 4) is 11.4 Å². The number of rotatable bonds is 4. The highest BCUT2D eigenvalue weighted by Crippen LogP contribution is 2.23. The molecule has 2 aromatic rings. The van der Waals surface area contributed by atoms with Crippen molar-refractivity contribution in [2.45, 2.75) is 27.2 Å². The molecule has 0 saturated carbocycles. The zero-order valence-electron chi connectivity index (χ0n) is 11.5. The van der Waals surface area contributed by atoms with E-state index in [0.29, 0.717) is 0 Å². The zero-order chi connectivity index (χ0) is 13.8. The molecular formula is C15H18IN3. The normalized spacial score (nSPS) is 10.5. The van der Waals surface area contributed by atoms with Crippen LogP contribution in [0.4, 0.5) is 5.82 Å². The van der Waals surface area contributed by atoms with Gasteiger partial charge in [0.25, 0.3) is 0 Å². The molecule has 2 rings (SSSR count). The van der Waals surface area contributed by atoms with Crippen molar-refractivity contribution in [3.05, 3.63) is 39.1 Å². The fraction of sp³-hybridized carbons (Fsp3) is 0.333. The van der Waals surface area contributed by atoms with Crippen molar-refractivity contribution in [1.29, 1.82) is 0 Å². The Labute approximate surface area is 128 Å². The highest BCUT2D eigenvalue weighted by atomic mass is 127. The Hall–Kier alpha value is -1.17. The summed E-state index contributed by atoms with van der Waals surface area (Å²) in [5, 5.41) is 3.29. The molecule has 0 spiro atoms. The van der Waals surface area contributed by atoms with E-state index in [9.17, 15) is 0 Å². The number of hydrogen-bond acceptors (Lipinski definition) is 3. The molecule has 1 heterocycles. The van der Waals surface area contributed by atoms with Crippen LogP contribution < -0.4 is 5.32 Å². The van der Waals surface area contributed by atoms with Crippen LogP contribution in [0, 0.1) is 10.5 Å². The third-order valence-corrected chi connectivity index (χ3v) is 4.27. The van der Waals surface area contributed by atoms with Gasteiger partial charge in [-0.15, -0.1) is 0 Å². The van der Waals surface area contributed by atoms with E-state index in [4.69, 9.17) is 0 Å². The highest BCUT2D eigenvalue weighted by molar-refractivity contribution is 14.1. The summed E-state index contributed by atoms with van der Waals surface area (Å²) >= 11 is 2.29. The zero-order valence-corrected chi connectivity index (χ0v) is 13.7. The first-order valence-electron chi connectivity index (χ1n) is 6.53. The van der Waals surface area contributed by atoms with Gasteiger partial charge < -0.3 is 5.32 Å². The highest BCUT2D eigenvalue weighted by Gasteiger charge is 2.10. The molecule has 19 heavy (non-hydrogen) atoms. The van der Waals surface area contributed by atoms with Crippen LogP contribution in [-0.4, -0.2) is 16.5 Å². The van der Waals surface area contributed by atoms with Crippen LogP contribution >= 0.6 is 22.6 Å². The lowest BCUT2D eigenvalue weighted by Crippen LogP contribution is -2.06. The lowest BCUT2D eigenvalue weighted by molar-refractivity contribution is 1.06. The third-order valence-electron chi connectivity index (χ3n) is 2.98. The van der Waals surface area contributed by atoms with E-state index in [-0.39, 0.29) is 0 Å². The lowest BCUT2D eigenvalue weighted by atomic mass is 10.1. The molecule has 3 nitrogen and oxygen atoms in total. The summed E-state index contributed by atoms with van der Waals surface area (Å²) in [7, 11) is 0. The Bertz CT molecular complexity index is 564. The number of aryl methyl sites for hydroxylation is 2. The summed E-state index contributed by atoms with van der Waals surface area (Å²) in [6.07, 6.45) is 1.05. The van der Waals surface area contributed by atoms with Gasteiger partial charge in [-0.25, -0.2) is 9.97 Å². The molecule has 0 bridgehead atoms. The SMILES string of the molecule is CCNc1nc(-c2ccc(CC)cc2)nc(C)c1I. The number of benzene rings is 1. The van der Waals surface area contributed by atoms with E-state index < -0.39 is 0 Å². The summed E-state index contributed by atoms with van der Waals surface area (Å²) in [5.41, 5.74) is 3.41. The molecule has 0 atom stereocenters. The van der Waals surface area contributed by atoms with Crippen LogP contribution in [0.1, 0.15) is 25.1 Å². The average molecular weight is 367 g/mol. The molecule has 0 aliphatic carbocycles. The van der Waals surface area contributed by atoms with E-state index in [1.54, 1.807) is 0 Å². The van der Waals surface area contributed by atoms with Gasteiger partial charge in [0.15, 0.2) is 5.82 Å². The van der Waals surface area contributed by atoms with Crippen LogP contribution in [-0.2, 0) is 6.42 Å². The van der Waals surface area contributed by atoms with Crippen LogP contribution in [0.15, 0.2) is 24.3 Å². The smallest absolute Gasteiger partial charge is 0.161 e. The Morgan fingerprint density at radius 1 is 1.11 bits per heavy atom. The van der Waals surface area contributed by atoms with Gasteiger partial charge >= 0.3 is 0 Å². The molecule has 0 radical (unpaired) electrons. The maximum atomic E-state index is 4.62. The molecule has 0 saturated heterocycles. The Kier molecular flexibility index (Phi) is 4.74. The maximum Gasteiger partial charge on any atom is 0.161 e. The van der Waals surface area contributed by atoms with E-state index in [0.717, 1.165) is 39.4 Å². The lowest BCUT2D eigenvalue weighted by Gasteiger charge is -2.10. The van der Waals surface area contributed by atoms with Gasteiger partial charge in [-0.05, 0) is 48.4 Å².